The molecule has 38 heavy (non-hydrogen) atoms. The number of aromatic nitrogens is 1. The molecule has 1 heterocycles. The van der Waals surface area contributed by atoms with Crippen LogP contribution in [0.1, 0.15) is 36.6 Å². The molecule has 0 aliphatic heterocycles. The van der Waals surface area contributed by atoms with Crippen LogP contribution in [0.25, 0.3) is 22.5 Å². The zero-order valence-corrected chi connectivity index (χ0v) is 22.2. The normalized spacial score (nSPS) is 11.6. The lowest BCUT2D eigenvalue weighted by Gasteiger charge is -2.12. The number of hydrogen-bond donors (Lipinski definition) is 1. The SMILES string of the molecule is CCOC(=O)C(C)c1ccc(-c2ccc(-c3onc(C)c3NC(=O)OCCc3ccccc3Cl)cc2)cc1. The van der Waals surface area contributed by atoms with Crippen molar-refractivity contribution in [1.82, 2.24) is 5.16 Å². The summed E-state index contributed by atoms with van der Waals surface area (Å²) in [5, 5.41) is 7.41. The third-order valence-electron chi connectivity index (χ3n) is 6.18. The van der Waals surface area contributed by atoms with Crippen molar-refractivity contribution in [2.24, 2.45) is 0 Å². The highest BCUT2D eigenvalue weighted by molar-refractivity contribution is 6.31. The van der Waals surface area contributed by atoms with E-state index >= 15 is 0 Å². The lowest BCUT2D eigenvalue weighted by atomic mass is 9.97. The second-order valence-corrected chi connectivity index (χ2v) is 9.15. The Labute approximate surface area is 226 Å². The predicted molar refractivity (Wildman–Crippen MR) is 147 cm³/mol. The maximum absolute atomic E-state index is 12.4. The molecule has 196 valence electrons. The van der Waals surface area contributed by atoms with E-state index in [-0.39, 0.29) is 18.5 Å². The van der Waals surface area contributed by atoms with E-state index in [1.54, 1.807) is 19.9 Å². The summed E-state index contributed by atoms with van der Waals surface area (Å²) in [5.41, 5.74) is 5.56. The Morgan fingerprint density at radius 1 is 0.947 bits per heavy atom. The van der Waals surface area contributed by atoms with E-state index in [0.717, 1.165) is 27.8 Å². The van der Waals surface area contributed by atoms with Crippen molar-refractivity contribution in [3.05, 3.63) is 94.6 Å². The van der Waals surface area contributed by atoms with Crippen molar-refractivity contribution >= 4 is 29.4 Å². The predicted octanol–water partition coefficient (Wildman–Crippen LogP) is 7.43. The van der Waals surface area contributed by atoms with Gasteiger partial charge in [0.05, 0.1) is 19.1 Å². The van der Waals surface area contributed by atoms with Crippen LogP contribution in [0.3, 0.4) is 0 Å². The summed E-state index contributed by atoms with van der Waals surface area (Å²) in [6.07, 6.45) is -0.0920. The summed E-state index contributed by atoms with van der Waals surface area (Å²) < 4.78 is 16.0. The third-order valence-corrected chi connectivity index (χ3v) is 6.55. The number of ether oxygens (including phenoxy) is 2. The highest BCUT2D eigenvalue weighted by Gasteiger charge is 2.19. The first-order valence-corrected chi connectivity index (χ1v) is 12.8. The first kappa shape index (κ1) is 26.9. The molecule has 0 aliphatic rings. The fourth-order valence-corrected chi connectivity index (χ4v) is 4.22. The monoisotopic (exact) mass is 532 g/mol. The maximum atomic E-state index is 12.4. The van der Waals surface area contributed by atoms with Crippen molar-refractivity contribution in [3.63, 3.8) is 0 Å². The minimum atomic E-state index is -0.599. The second-order valence-electron chi connectivity index (χ2n) is 8.75. The van der Waals surface area contributed by atoms with E-state index < -0.39 is 6.09 Å². The molecule has 4 aromatic rings. The number of benzene rings is 3. The molecular weight excluding hydrogens is 504 g/mol. The molecule has 0 saturated heterocycles. The Morgan fingerprint density at radius 3 is 2.24 bits per heavy atom. The Bertz CT molecular complexity index is 1400. The largest absolute Gasteiger partial charge is 0.466 e. The van der Waals surface area contributed by atoms with Gasteiger partial charge in [-0.2, -0.15) is 0 Å². The van der Waals surface area contributed by atoms with Gasteiger partial charge in [-0.3, -0.25) is 10.1 Å². The number of amides is 1. The van der Waals surface area contributed by atoms with E-state index in [4.69, 9.17) is 25.6 Å². The quantitative estimate of drug-likeness (QED) is 0.225. The van der Waals surface area contributed by atoms with Crippen molar-refractivity contribution in [3.8, 4) is 22.5 Å². The molecule has 1 N–H and O–H groups in total. The molecule has 0 fully saturated rings. The molecule has 7 nitrogen and oxygen atoms in total. The van der Waals surface area contributed by atoms with Crippen LogP contribution in [0.15, 0.2) is 77.3 Å². The highest BCUT2D eigenvalue weighted by Crippen LogP contribution is 2.33. The van der Waals surface area contributed by atoms with Gasteiger partial charge in [-0.05, 0) is 49.1 Å². The lowest BCUT2D eigenvalue weighted by molar-refractivity contribution is -0.144. The number of carbonyl (C=O) groups is 2. The molecule has 1 unspecified atom stereocenters. The molecule has 0 radical (unpaired) electrons. The van der Waals surface area contributed by atoms with Crippen LogP contribution in [0.4, 0.5) is 10.5 Å². The van der Waals surface area contributed by atoms with Crippen LogP contribution < -0.4 is 5.32 Å². The number of carbonyl (C=O) groups excluding carboxylic acids is 2. The summed E-state index contributed by atoms with van der Waals surface area (Å²) in [7, 11) is 0. The zero-order chi connectivity index (χ0) is 27.1. The van der Waals surface area contributed by atoms with Crippen molar-refractivity contribution < 1.29 is 23.6 Å². The van der Waals surface area contributed by atoms with Crippen LogP contribution in [0.5, 0.6) is 0 Å². The van der Waals surface area contributed by atoms with Crippen LogP contribution in [0.2, 0.25) is 5.02 Å². The molecule has 4 rings (SSSR count). The molecule has 3 aromatic carbocycles. The van der Waals surface area contributed by atoms with Crippen LogP contribution in [0, 0.1) is 6.92 Å². The van der Waals surface area contributed by atoms with Gasteiger partial charge >= 0.3 is 12.1 Å². The zero-order valence-electron chi connectivity index (χ0n) is 21.5. The minimum absolute atomic E-state index is 0.182. The van der Waals surface area contributed by atoms with Gasteiger partial charge in [0, 0.05) is 17.0 Å². The molecule has 0 bridgehead atoms. The van der Waals surface area contributed by atoms with E-state index in [1.165, 1.54) is 0 Å². The molecule has 8 heteroatoms. The molecule has 0 spiro atoms. The van der Waals surface area contributed by atoms with Crippen molar-refractivity contribution in [1.29, 1.82) is 0 Å². The standard InChI is InChI=1S/C30H29ClN2O5/c1-4-36-29(34)19(2)21-9-11-22(12-10-21)23-13-15-25(16-14-23)28-27(20(3)33-38-28)32-30(35)37-18-17-24-7-5-6-8-26(24)31/h5-16,19H,4,17-18H2,1-3H3,(H,32,35). The average molecular weight is 533 g/mol. The number of hydrogen-bond acceptors (Lipinski definition) is 6. The molecule has 1 amide bonds. The summed E-state index contributed by atoms with van der Waals surface area (Å²) in [4.78, 5) is 24.5. The topological polar surface area (TPSA) is 90.7 Å². The molecule has 1 atom stereocenters. The third kappa shape index (κ3) is 6.42. The van der Waals surface area contributed by atoms with E-state index in [1.807, 2.05) is 73.7 Å². The Balaban J connectivity index is 1.41. The maximum Gasteiger partial charge on any atom is 0.411 e. The number of aryl methyl sites for hydroxylation is 1. The Morgan fingerprint density at radius 2 is 1.58 bits per heavy atom. The van der Waals surface area contributed by atoms with E-state index in [9.17, 15) is 9.59 Å². The average Bonchev–Trinajstić information content (AvgIpc) is 3.29. The van der Waals surface area contributed by atoms with Crippen molar-refractivity contribution in [2.45, 2.75) is 33.1 Å². The summed E-state index contributed by atoms with van der Waals surface area (Å²) in [6.45, 7) is 5.93. The smallest absolute Gasteiger partial charge is 0.411 e. The van der Waals surface area contributed by atoms with Gasteiger partial charge in [-0.25, -0.2) is 4.79 Å². The van der Waals surface area contributed by atoms with Gasteiger partial charge in [0.1, 0.15) is 11.4 Å². The summed E-state index contributed by atoms with van der Waals surface area (Å²) in [6, 6.07) is 23.0. The second kappa shape index (κ2) is 12.4. The number of rotatable bonds is 9. The first-order valence-electron chi connectivity index (χ1n) is 12.4. The molecule has 1 aromatic heterocycles. The van der Waals surface area contributed by atoms with Crippen LogP contribution >= 0.6 is 11.6 Å². The number of halogens is 1. The lowest BCUT2D eigenvalue weighted by Crippen LogP contribution is -2.16. The van der Waals surface area contributed by atoms with Crippen molar-refractivity contribution in [2.75, 3.05) is 18.5 Å². The summed E-state index contributed by atoms with van der Waals surface area (Å²) >= 11 is 6.16. The van der Waals surface area contributed by atoms with Gasteiger partial charge in [-0.1, -0.05) is 83.5 Å². The number of nitrogens with one attached hydrogen (secondary N) is 1. The fraction of sp³-hybridized carbons (Fsp3) is 0.233. The van der Waals surface area contributed by atoms with Gasteiger partial charge in [-0.15, -0.1) is 0 Å². The van der Waals surface area contributed by atoms with Gasteiger partial charge in [0.25, 0.3) is 0 Å². The van der Waals surface area contributed by atoms with Crippen LogP contribution in [-0.2, 0) is 20.7 Å². The van der Waals surface area contributed by atoms with E-state index in [0.29, 0.717) is 35.2 Å². The fourth-order valence-electron chi connectivity index (χ4n) is 3.99. The molecule has 0 aliphatic carbocycles. The molecule has 0 saturated carbocycles. The van der Waals surface area contributed by atoms with E-state index in [2.05, 4.69) is 10.5 Å². The Hall–Kier alpha value is -4.10. The van der Waals surface area contributed by atoms with Gasteiger partial charge in [0.2, 0.25) is 0 Å². The van der Waals surface area contributed by atoms with Gasteiger partial charge < -0.3 is 14.0 Å². The number of esters is 1. The number of nitrogens with zero attached hydrogens (tertiary/aromatic N) is 1. The summed E-state index contributed by atoms with van der Waals surface area (Å²) in [5.74, 6) is -0.119. The van der Waals surface area contributed by atoms with Crippen LogP contribution in [-0.4, -0.2) is 30.4 Å². The number of anilines is 1. The highest BCUT2D eigenvalue weighted by atomic mass is 35.5. The van der Waals surface area contributed by atoms with Gasteiger partial charge in [0.15, 0.2) is 5.76 Å². The first-order chi connectivity index (χ1) is 18.4. The Kier molecular flexibility index (Phi) is 8.81. The molecular formula is C30H29ClN2O5. The minimum Gasteiger partial charge on any atom is -0.466 e.